The molecule has 0 aliphatic rings. The summed E-state index contributed by atoms with van der Waals surface area (Å²) in [6.07, 6.45) is 7.86. The van der Waals surface area contributed by atoms with Gasteiger partial charge in [-0.05, 0) is 25.0 Å². The molecule has 0 aliphatic carbocycles. The average Bonchev–Trinajstić information content (AvgIpc) is 2.39. The third-order valence-electron chi connectivity index (χ3n) is 2.44. The summed E-state index contributed by atoms with van der Waals surface area (Å²) in [6, 6.07) is 8.77. The van der Waals surface area contributed by atoms with E-state index in [0.29, 0.717) is 12.2 Å². The van der Waals surface area contributed by atoms with Crippen LogP contribution in [-0.4, -0.2) is 12.3 Å². The lowest BCUT2D eigenvalue weighted by atomic mass is 10.1. The molecule has 0 saturated carbocycles. The lowest BCUT2D eigenvalue weighted by molar-refractivity contribution is 0.0756. The molecule has 0 fully saturated rings. The maximum absolute atomic E-state index is 11.5. The number of rotatable bonds is 6. The molecule has 1 atom stereocenters. The van der Waals surface area contributed by atoms with Gasteiger partial charge in [-0.3, -0.25) is 0 Å². The van der Waals surface area contributed by atoms with Gasteiger partial charge in [0.25, 0.3) is 0 Å². The maximum atomic E-state index is 11.5. The van der Waals surface area contributed by atoms with Gasteiger partial charge in [0.15, 0.2) is 6.10 Å². The number of carbonyl (C=O) groups excluding carboxylic acids is 1. The quantitative estimate of drug-likeness (QED) is 0.331. The van der Waals surface area contributed by atoms with Gasteiger partial charge in [0.2, 0.25) is 0 Å². The summed E-state index contributed by atoms with van der Waals surface area (Å²) in [5, 5.41) is 0. The van der Waals surface area contributed by atoms with Crippen LogP contribution in [-0.2, 0) is 4.74 Å². The smallest absolute Gasteiger partial charge is 0.417 e. The van der Waals surface area contributed by atoms with E-state index in [2.05, 4.69) is 12.8 Å². The molecule has 0 saturated heterocycles. The molecular weight excluding hydrogens is 228 g/mol. The number of hydrogen-bond donors (Lipinski definition) is 0. The topological polar surface area (TPSA) is 35.5 Å². The summed E-state index contributed by atoms with van der Waals surface area (Å²) in [4.78, 5) is 11.5. The molecule has 18 heavy (non-hydrogen) atoms. The minimum absolute atomic E-state index is 0.451. The fourth-order valence-electron chi connectivity index (χ4n) is 1.48. The van der Waals surface area contributed by atoms with Gasteiger partial charge in [-0.2, -0.15) is 0 Å². The summed E-state index contributed by atoms with van der Waals surface area (Å²) < 4.78 is 10.0. The van der Waals surface area contributed by atoms with E-state index in [1.807, 2.05) is 6.07 Å². The SMILES string of the molecule is C#CC(CCCCC)OC(=O)Oc1ccccc1. The number of para-hydroxylation sites is 1. The molecule has 1 aromatic rings. The van der Waals surface area contributed by atoms with Crippen molar-refractivity contribution >= 4 is 6.16 Å². The summed E-state index contributed by atoms with van der Waals surface area (Å²) >= 11 is 0. The van der Waals surface area contributed by atoms with Crippen LogP contribution >= 0.6 is 0 Å². The number of benzene rings is 1. The standard InChI is InChI=1S/C15H18O3/c1-3-5-7-10-13(4-2)17-15(16)18-14-11-8-6-9-12-14/h2,6,8-9,11-13H,3,5,7,10H2,1H3. The molecule has 0 aliphatic heterocycles. The predicted molar refractivity (Wildman–Crippen MR) is 70.3 cm³/mol. The van der Waals surface area contributed by atoms with Gasteiger partial charge < -0.3 is 9.47 Å². The zero-order chi connectivity index (χ0) is 13.2. The Morgan fingerprint density at radius 1 is 1.33 bits per heavy atom. The van der Waals surface area contributed by atoms with E-state index in [9.17, 15) is 4.79 Å². The van der Waals surface area contributed by atoms with Gasteiger partial charge in [0.1, 0.15) is 5.75 Å². The summed E-state index contributed by atoms with van der Waals surface area (Å²) in [5.74, 6) is 2.91. The zero-order valence-electron chi connectivity index (χ0n) is 10.6. The van der Waals surface area contributed by atoms with E-state index in [1.165, 1.54) is 0 Å². The molecule has 1 unspecified atom stereocenters. The van der Waals surface area contributed by atoms with Crippen molar-refractivity contribution in [3.05, 3.63) is 30.3 Å². The molecule has 0 heterocycles. The van der Waals surface area contributed by atoms with Gasteiger partial charge in [0, 0.05) is 0 Å². The number of ether oxygens (including phenoxy) is 2. The summed E-state index contributed by atoms with van der Waals surface area (Å²) in [6.45, 7) is 2.11. The van der Waals surface area contributed by atoms with Crippen LogP contribution in [0.3, 0.4) is 0 Å². The Labute approximate surface area is 108 Å². The number of carbonyl (C=O) groups is 1. The van der Waals surface area contributed by atoms with Crippen molar-refractivity contribution in [2.75, 3.05) is 0 Å². The van der Waals surface area contributed by atoms with Crippen LogP contribution in [0.15, 0.2) is 30.3 Å². The molecule has 3 nitrogen and oxygen atoms in total. The Bertz CT molecular complexity index is 392. The van der Waals surface area contributed by atoms with E-state index in [-0.39, 0.29) is 0 Å². The second-order valence-corrected chi connectivity index (χ2v) is 3.93. The molecule has 1 rings (SSSR count). The third kappa shape index (κ3) is 5.40. The highest BCUT2D eigenvalue weighted by atomic mass is 16.7. The van der Waals surface area contributed by atoms with Crippen LogP contribution in [0.2, 0.25) is 0 Å². The van der Waals surface area contributed by atoms with Crippen LogP contribution in [0.4, 0.5) is 4.79 Å². The Morgan fingerprint density at radius 2 is 2.06 bits per heavy atom. The summed E-state index contributed by atoms with van der Waals surface area (Å²) in [5.41, 5.74) is 0. The first kappa shape index (κ1) is 14.1. The van der Waals surface area contributed by atoms with Gasteiger partial charge in [-0.1, -0.05) is 43.9 Å². The van der Waals surface area contributed by atoms with Crippen molar-refractivity contribution < 1.29 is 14.3 Å². The second kappa shape index (κ2) is 8.19. The van der Waals surface area contributed by atoms with Crippen LogP contribution in [0, 0.1) is 12.3 Å². The van der Waals surface area contributed by atoms with Crippen LogP contribution in [0.1, 0.15) is 32.6 Å². The Kier molecular flexibility index (Phi) is 6.42. The predicted octanol–water partition coefficient (Wildman–Crippen LogP) is 3.78. The second-order valence-electron chi connectivity index (χ2n) is 3.93. The maximum Gasteiger partial charge on any atom is 0.515 e. The highest BCUT2D eigenvalue weighted by Gasteiger charge is 2.13. The molecule has 0 radical (unpaired) electrons. The van der Waals surface area contributed by atoms with Crippen molar-refractivity contribution in [2.24, 2.45) is 0 Å². The van der Waals surface area contributed by atoms with Crippen LogP contribution < -0.4 is 4.74 Å². The Hall–Kier alpha value is -1.95. The number of unbranched alkanes of at least 4 members (excludes halogenated alkanes) is 2. The summed E-state index contributed by atoms with van der Waals surface area (Å²) in [7, 11) is 0. The molecule has 0 bridgehead atoms. The first-order chi connectivity index (χ1) is 8.76. The van der Waals surface area contributed by atoms with Crippen LogP contribution in [0.25, 0.3) is 0 Å². The molecule has 0 aromatic heterocycles. The Balaban J connectivity index is 2.36. The largest absolute Gasteiger partial charge is 0.515 e. The highest BCUT2D eigenvalue weighted by Crippen LogP contribution is 2.11. The fraction of sp³-hybridized carbons (Fsp3) is 0.400. The minimum atomic E-state index is -0.749. The molecule has 3 heteroatoms. The van der Waals surface area contributed by atoms with E-state index in [4.69, 9.17) is 15.9 Å². The van der Waals surface area contributed by atoms with Gasteiger partial charge in [-0.15, -0.1) is 6.42 Å². The zero-order valence-corrected chi connectivity index (χ0v) is 10.6. The Morgan fingerprint density at radius 3 is 2.67 bits per heavy atom. The van der Waals surface area contributed by atoms with Crippen molar-refractivity contribution in [1.82, 2.24) is 0 Å². The van der Waals surface area contributed by atoms with Crippen LogP contribution in [0.5, 0.6) is 5.75 Å². The monoisotopic (exact) mass is 246 g/mol. The van der Waals surface area contributed by atoms with E-state index in [0.717, 1.165) is 19.3 Å². The molecule has 0 N–H and O–H groups in total. The van der Waals surface area contributed by atoms with Gasteiger partial charge in [0.05, 0.1) is 0 Å². The van der Waals surface area contributed by atoms with Crippen molar-refractivity contribution in [3.63, 3.8) is 0 Å². The molecule has 0 amide bonds. The number of terminal acetylenes is 1. The normalized spacial score (nSPS) is 11.3. The number of hydrogen-bond acceptors (Lipinski definition) is 3. The lowest BCUT2D eigenvalue weighted by Crippen LogP contribution is -2.19. The first-order valence-corrected chi connectivity index (χ1v) is 6.16. The van der Waals surface area contributed by atoms with Gasteiger partial charge >= 0.3 is 6.16 Å². The minimum Gasteiger partial charge on any atom is -0.417 e. The van der Waals surface area contributed by atoms with E-state index in [1.54, 1.807) is 24.3 Å². The van der Waals surface area contributed by atoms with Gasteiger partial charge in [-0.25, -0.2) is 4.79 Å². The first-order valence-electron chi connectivity index (χ1n) is 6.16. The fourth-order valence-corrected chi connectivity index (χ4v) is 1.48. The average molecular weight is 246 g/mol. The van der Waals surface area contributed by atoms with Crippen molar-refractivity contribution in [3.8, 4) is 18.1 Å². The van der Waals surface area contributed by atoms with E-state index < -0.39 is 12.3 Å². The third-order valence-corrected chi connectivity index (χ3v) is 2.44. The molecule has 0 spiro atoms. The van der Waals surface area contributed by atoms with E-state index >= 15 is 0 Å². The van der Waals surface area contributed by atoms with Crippen molar-refractivity contribution in [1.29, 1.82) is 0 Å². The highest BCUT2D eigenvalue weighted by molar-refractivity contribution is 5.64. The molecule has 1 aromatic carbocycles. The molecule has 96 valence electrons. The van der Waals surface area contributed by atoms with Crippen molar-refractivity contribution in [2.45, 2.75) is 38.7 Å². The molecular formula is C15H18O3. The lowest BCUT2D eigenvalue weighted by Gasteiger charge is -2.11.